The molecule has 0 aliphatic carbocycles. The summed E-state index contributed by atoms with van der Waals surface area (Å²) in [5.41, 5.74) is 0. The molecule has 297 valence electrons. The Labute approximate surface area is 616 Å². The first kappa shape index (κ1) is 84.1. The van der Waals surface area contributed by atoms with Crippen molar-refractivity contribution in [3.63, 3.8) is 0 Å². The number of rotatable bonds is 26. The monoisotopic (exact) mass is 1120 g/mol. The standard InChI is InChI=1S/C15H44N5O21P7.7K/c21-42(22,23)9-16(1-3-17(10-43(24,25)26)5-7-19(12-45(30,31)32)13-46(33,34)35)2-4-18(11-44(27,28)29)6-8-20(14-47(36,37)38)15-48(39,40)41;;;;;;;/h1-15H2,(H2,21,22,23)(H2,24,25,26)(H2,27,28,29)(H2,30,31,32)(H2,33,34,35)(H2,36,37,38)(H2,39,40,41);;;;;;;. The molecule has 0 aromatic heterocycles. The molecule has 0 aromatic carbocycles. The van der Waals surface area contributed by atoms with Gasteiger partial charge in [0.15, 0.2) is 0 Å². The zero-order valence-corrected chi connectivity index (χ0v) is 60.2. The summed E-state index contributed by atoms with van der Waals surface area (Å²) >= 11 is 0. The summed E-state index contributed by atoms with van der Waals surface area (Å²) in [5.74, 6) is 0. The summed E-state index contributed by atoms with van der Waals surface area (Å²) in [6.07, 6.45) is -7.50. The van der Waals surface area contributed by atoms with Crippen molar-refractivity contribution in [1.29, 1.82) is 0 Å². The van der Waals surface area contributed by atoms with Crippen LogP contribution in [0.25, 0.3) is 0 Å². The molecule has 0 bridgehead atoms. The molecule has 0 saturated carbocycles. The Balaban J connectivity index is -0.000000526. The van der Waals surface area contributed by atoms with Crippen LogP contribution in [-0.4, -0.2) is 549 Å². The molecule has 7 radical (unpaired) electrons. The molecule has 0 heterocycles. The smallest absolute Gasteiger partial charge is 0.324 e. The second-order valence-electron chi connectivity index (χ2n) is 10.8. The second kappa shape index (κ2) is 39.8. The molecule has 55 heavy (non-hydrogen) atoms. The van der Waals surface area contributed by atoms with Crippen LogP contribution in [0.1, 0.15) is 0 Å². The predicted octanol–water partition coefficient (Wildman–Crippen LogP) is -6.22. The van der Waals surface area contributed by atoms with Crippen LogP contribution >= 0.6 is 53.2 Å². The van der Waals surface area contributed by atoms with Gasteiger partial charge in [-0.2, -0.15) is 0 Å². The van der Waals surface area contributed by atoms with Crippen LogP contribution in [0.5, 0.6) is 0 Å². The molecule has 0 aromatic rings. The molecular weight excluding hydrogens is 1080 g/mol. The maximum atomic E-state index is 11.8. The van der Waals surface area contributed by atoms with Crippen LogP contribution < -0.4 is 0 Å². The van der Waals surface area contributed by atoms with E-state index in [1.807, 2.05) is 0 Å². The Kier molecular flexibility index (Phi) is 60.9. The third-order valence-electron chi connectivity index (χ3n) is 5.62. The SMILES string of the molecule is O=P(O)(O)CN(CCN(CCN(CP(=O)(O)O)CP(=O)(O)O)CP(=O)(O)O)CCN(CCN(CP(=O)(O)O)CP(=O)(O)O)CP(=O)(O)O.[K].[K].[K].[K].[K].[K].[K]. The molecule has 0 amide bonds. The largest absolute Gasteiger partial charge is 0.339 e. The molecule has 0 saturated heterocycles. The number of nitrogens with zero attached hydrogens (tertiary/aromatic N) is 5. The third-order valence-corrected chi connectivity index (χ3v) is 11.0. The van der Waals surface area contributed by atoms with Crippen molar-refractivity contribution < 1.29 is 100 Å². The molecule has 0 fully saturated rings. The molecule has 0 unspecified atom stereocenters. The van der Waals surface area contributed by atoms with Crippen molar-refractivity contribution in [3.05, 3.63) is 0 Å². The quantitative estimate of drug-likeness (QED) is 0.0283. The third kappa shape index (κ3) is 60.5. The van der Waals surface area contributed by atoms with Crippen LogP contribution in [0, 0.1) is 0 Å². The molecule has 40 heteroatoms. The Hall–Kier alpha value is 12.3. The fourth-order valence-electron chi connectivity index (χ4n) is 4.09. The van der Waals surface area contributed by atoms with Crippen LogP contribution in [0.3, 0.4) is 0 Å². The zero-order valence-electron chi connectivity index (χ0n) is 32.1. The summed E-state index contributed by atoms with van der Waals surface area (Å²) in [6.45, 7) is -3.65. The molecule has 26 nitrogen and oxygen atoms in total. The minimum atomic E-state index is -4.86. The first-order valence-electron chi connectivity index (χ1n) is 13.0. The van der Waals surface area contributed by atoms with E-state index in [9.17, 15) is 100 Å². The Morgan fingerprint density at radius 3 is 0.418 bits per heavy atom. The van der Waals surface area contributed by atoms with E-state index in [0.29, 0.717) is 9.80 Å². The maximum Gasteiger partial charge on any atom is 0.339 e. The van der Waals surface area contributed by atoms with Crippen molar-refractivity contribution in [2.24, 2.45) is 0 Å². The van der Waals surface area contributed by atoms with E-state index in [4.69, 9.17) is 0 Å². The normalized spacial score (nSPS) is 12.9. The Morgan fingerprint density at radius 2 is 0.309 bits per heavy atom. The molecule has 0 spiro atoms. The summed E-state index contributed by atoms with van der Waals surface area (Å²) in [4.78, 5) is 135. The summed E-state index contributed by atoms with van der Waals surface area (Å²) in [5, 5.41) is 0. The van der Waals surface area contributed by atoms with Gasteiger partial charge in [-0.1, -0.05) is 0 Å². The van der Waals surface area contributed by atoms with E-state index in [-0.39, 0.29) is 360 Å². The minimum absolute atomic E-state index is 0. The fraction of sp³-hybridized carbons (Fsp3) is 1.00. The molecule has 0 aliphatic rings. The van der Waals surface area contributed by atoms with Gasteiger partial charge in [0.05, 0.1) is 0 Å². The van der Waals surface area contributed by atoms with Gasteiger partial charge >= 0.3 is 53.2 Å². The molecule has 14 N–H and O–H groups in total. The van der Waals surface area contributed by atoms with E-state index in [1.54, 1.807) is 0 Å². The summed E-state index contributed by atoms with van der Waals surface area (Å²) in [6, 6.07) is 0. The second-order valence-corrected chi connectivity index (χ2v) is 22.1. The maximum absolute atomic E-state index is 11.8. The zero-order chi connectivity index (χ0) is 38.0. The van der Waals surface area contributed by atoms with Crippen molar-refractivity contribution in [2.45, 2.75) is 0 Å². The first-order chi connectivity index (χ1) is 21.1. The van der Waals surface area contributed by atoms with E-state index in [1.165, 1.54) is 0 Å². The topological polar surface area (TPSA) is 419 Å². The van der Waals surface area contributed by atoms with Gasteiger partial charge in [-0.15, -0.1) is 0 Å². The van der Waals surface area contributed by atoms with Crippen molar-refractivity contribution in [2.75, 3.05) is 96.4 Å². The van der Waals surface area contributed by atoms with Crippen LogP contribution in [0.4, 0.5) is 0 Å². The Morgan fingerprint density at radius 1 is 0.218 bits per heavy atom. The average molecular weight is 1120 g/mol. The van der Waals surface area contributed by atoms with E-state index >= 15 is 0 Å². The van der Waals surface area contributed by atoms with Gasteiger partial charge < -0.3 is 68.5 Å². The summed E-state index contributed by atoms with van der Waals surface area (Å²) in [7, 11) is -34.0. The van der Waals surface area contributed by atoms with Crippen LogP contribution in [-0.2, 0) is 32.0 Å². The fourth-order valence-corrected chi connectivity index (χ4v) is 9.86. The van der Waals surface area contributed by atoms with Gasteiger partial charge in [-0.3, -0.25) is 56.5 Å². The van der Waals surface area contributed by atoms with Gasteiger partial charge in [0.25, 0.3) is 0 Å². The van der Waals surface area contributed by atoms with Gasteiger partial charge in [-0.05, 0) is 0 Å². The molecule has 0 aliphatic heterocycles. The first-order valence-corrected chi connectivity index (χ1v) is 25.6. The van der Waals surface area contributed by atoms with E-state index in [2.05, 4.69) is 0 Å². The van der Waals surface area contributed by atoms with Crippen LogP contribution in [0.15, 0.2) is 0 Å². The van der Waals surface area contributed by atoms with Gasteiger partial charge in [-0.25, -0.2) is 0 Å². The molecule has 0 rings (SSSR count). The molecular formula is C15H44K7N5O21P7. The minimum Gasteiger partial charge on any atom is -0.324 e. The van der Waals surface area contributed by atoms with Gasteiger partial charge in [0, 0.05) is 412 Å². The number of hydrogen-bond acceptors (Lipinski definition) is 12. The average Bonchev–Trinajstić information content (AvgIpc) is 2.75. The summed E-state index contributed by atoms with van der Waals surface area (Å²) < 4.78 is 81.0. The number of hydrogen-bond donors (Lipinski definition) is 14. The van der Waals surface area contributed by atoms with E-state index < -0.39 is 150 Å². The predicted molar refractivity (Wildman–Crippen MR) is 207 cm³/mol. The molecule has 0 atom stereocenters. The van der Waals surface area contributed by atoms with E-state index in [0.717, 1.165) is 14.7 Å². The van der Waals surface area contributed by atoms with Gasteiger partial charge in [0.2, 0.25) is 0 Å². The Bertz CT molecular complexity index is 1220. The van der Waals surface area contributed by atoms with Gasteiger partial charge in [0.1, 0.15) is 44.0 Å². The van der Waals surface area contributed by atoms with Crippen LogP contribution in [0.2, 0.25) is 0 Å². The van der Waals surface area contributed by atoms with Crippen molar-refractivity contribution in [3.8, 4) is 0 Å². The van der Waals surface area contributed by atoms with Crippen molar-refractivity contribution in [1.82, 2.24) is 24.5 Å². The van der Waals surface area contributed by atoms with Crippen molar-refractivity contribution >= 4 is 413 Å².